The molecule has 9 heteroatoms. The van der Waals surface area contributed by atoms with E-state index < -0.39 is 4.92 Å². The van der Waals surface area contributed by atoms with Crippen molar-refractivity contribution in [2.75, 3.05) is 32.8 Å². The summed E-state index contributed by atoms with van der Waals surface area (Å²) in [6.45, 7) is 0.832. The number of carbonyl (C=O) groups is 1. The highest BCUT2D eigenvalue weighted by atomic mass is 16.7. The summed E-state index contributed by atoms with van der Waals surface area (Å²) in [4.78, 5) is 24.5. The highest BCUT2D eigenvalue weighted by molar-refractivity contribution is 5.94. The number of likely N-dealkylation sites (N-methyl/N-ethyl adjacent to an activating group) is 1. The van der Waals surface area contributed by atoms with Gasteiger partial charge in [-0.05, 0) is 30.8 Å². The van der Waals surface area contributed by atoms with Crippen molar-refractivity contribution >= 4 is 17.3 Å². The molecule has 0 spiro atoms. The van der Waals surface area contributed by atoms with Crippen molar-refractivity contribution in [3.8, 4) is 17.2 Å². The number of rotatable bonds is 7. The molecule has 1 amide bonds. The van der Waals surface area contributed by atoms with Gasteiger partial charge < -0.3 is 19.5 Å². The van der Waals surface area contributed by atoms with Crippen LogP contribution in [0.4, 0.5) is 11.4 Å². The van der Waals surface area contributed by atoms with Crippen LogP contribution in [-0.2, 0) is 11.3 Å². The molecule has 27 heavy (non-hydrogen) atoms. The lowest BCUT2D eigenvalue weighted by Gasteiger charge is -2.17. The van der Waals surface area contributed by atoms with Gasteiger partial charge in [0.15, 0.2) is 11.5 Å². The number of ether oxygens (including phenoxy) is 3. The Morgan fingerprint density at radius 1 is 1.26 bits per heavy atom. The molecule has 0 fully saturated rings. The number of nitro groups is 1. The minimum absolute atomic E-state index is 0.0975. The fourth-order valence-corrected chi connectivity index (χ4v) is 2.75. The number of amides is 1. The molecule has 0 radical (unpaired) electrons. The van der Waals surface area contributed by atoms with Crippen molar-refractivity contribution in [2.45, 2.75) is 6.54 Å². The fraction of sp³-hybridized carbons (Fsp3) is 0.278. The Bertz CT molecular complexity index is 870. The van der Waals surface area contributed by atoms with Crippen LogP contribution in [0.2, 0.25) is 0 Å². The first-order valence-corrected chi connectivity index (χ1v) is 8.15. The first-order valence-electron chi connectivity index (χ1n) is 8.15. The maximum atomic E-state index is 12.3. The SMILES string of the molecule is COc1ccc([N+](=O)[O-])cc1NC(=O)CN(C)Cc1ccc2c(c1)OCO2. The summed E-state index contributed by atoms with van der Waals surface area (Å²) >= 11 is 0. The summed E-state index contributed by atoms with van der Waals surface area (Å²) in [5.41, 5.74) is 1.11. The second kappa shape index (κ2) is 7.92. The lowest BCUT2D eigenvalue weighted by atomic mass is 10.2. The maximum absolute atomic E-state index is 12.3. The third-order valence-electron chi connectivity index (χ3n) is 3.97. The summed E-state index contributed by atoms with van der Waals surface area (Å²) in [5.74, 6) is 1.44. The van der Waals surface area contributed by atoms with E-state index in [0.717, 1.165) is 5.56 Å². The fourth-order valence-electron chi connectivity index (χ4n) is 2.75. The van der Waals surface area contributed by atoms with Crippen LogP contribution in [0, 0.1) is 10.1 Å². The van der Waals surface area contributed by atoms with Crippen LogP contribution >= 0.6 is 0 Å². The smallest absolute Gasteiger partial charge is 0.271 e. The Morgan fingerprint density at radius 2 is 2.04 bits per heavy atom. The van der Waals surface area contributed by atoms with E-state index in [9.17, 15) is 14.9 Å². The topological polar surface area (TPSA) is 103 Å². The van der Waals surface area contributed by atoms with Crippen LogP contribution in [0.3, 0.4) is 0 Å². The average molecular weight is 373 g/mol. The molecule has 1 N–H and O–H groups in total. The van der Waals surface area contributed by atoms with Crippen molar-refractivity contribution in [2.24, 2.45) is 0 Å². The average Bonchev–Trinajstić information content (AvgIpc) is 3.09. The van der Waals surface area contributed by atoms with Gasteiger partial charge in [-0.1, -0.05) is 6.07 Å². The molecule has 142 valence electrons. The Kier molecular flexibility index (Phi) is 5.41. The van der Waals surface area contributed by atoms with Crippen LogP contribution in [0.1, 0.15) is 5.56 Å². The maximum Gasteiger partial charge on any atom is 0.271 e. The molecule has 1 aliphatic heterocycles. The van der Waals surface area contributed by atoms with Crippen molar-refractivity contribution in [3.63, 3.8) is 0 Å². The highest BCUT2D eigenvalue weighted by Gasteiger charge is 2.16. The van der Waals surface area contributed by atoms with Gasteiger partial charge in [0.1, 0.15) is 5.75 Å². The van der Waals surface area contributed by atoms with E-state index in [1.807, 2.05) is 23.1 Å². The van der Waals surface area contributed by atoms with Gasteiger partial charge in [0, 0.05) is 18.7 Å². The molecule has 1 aliphatic rings. The van der Waals surface area contributed by atoms with Gasteiger partial charge in [-0.15, -0.1) is 0 Å². The monoisotopic (exact) mass is 373 g/mol. The van der Waals surface area contributed by atoms with Crippen LogP contribution in [0.5, 0.6) is 17.2 Å². The minimum atomic E-state index is -0.527. The molecular formula is C18H19N3O6. The van der Waals surface area contributed by atoms with Gasteiger partial charge in [-0.25, -0.2) is 0 Å². The van der Waals surface area contributed by atoms with Crippen molar-refractivity contribution < 1.29 is 23.9 Å². The zero-order valence-corrected chi connectivity index (χ0v) is 14.9. The van der Waals surface area contributed by atoms with E-state index in [0.29, 0.717) is 23.8 Å². The summed E-state index contributed by atoms with van der Waals surface area (Å²) in [6, 6.07) is 9.66. The van der Waals surface area contributed by atoms with Gasteiger partial charge in [-0.3, -0.25) is 19.8 Å². The third kappa shape index (κ3) is 4.45. The number of fused-ring (bicyclic) bond motifs is 1. The van der Waals surface area contributed by atoms with E-state index in [2.05, 4.69) is 5.32 Å². The third-order valence-corrected chi connectivity index (χ3v) is 3.97. The Labute approximate surface area is 155 Å². The number of carbonyl (C=O) groups excluding carboxylic acids is 1. The van der Waals surface area contributed by atoms with Gasteiger partial charge in [0.05, 0.1) is 24.3 Å². The molecule has 0 saturated heterocycles. The number of nitrogens with one attached hydrogen (secondary N) is 1. The van der Waals surface area contributed by atoms with Crippen molar-refractivity contribution in [3.05, 3.63) is 52.1 Å². The number of benzene rings is 2. The van der Waals surface area contributed by atoms with E-state index in [4.69, 9.17) is 14.2 Å². The zero-order chi connectivity index (χ0) is 19.4. The molecule has 3 rings (SSSR count). The first-order chi connectivity index (χ1) is 13.0. The van der Waals surface area contributed by atoms with E-state index in [-0.39, 0.29) is 30.6 Å². The van der Waals surface area contributed by atoms with Crippen LogP contribution < -0.4 is 19.5 Å². The quantitative estimate of drug-likeness (QED) is 0.587. The second-order valence-electron chi connectivity index (χ2n) is 6.05. The lowest BCUT2D eigenvalue weighted by molar-refractivity contribution is -0.384. The molecule has 0 unspecified atom stereocenters. The summed E-state index contributed by atoms with van der Waals surface area (Å²) < 4.78 is 15.8. The lowest BCUT2D eigenvalue weighted by Crippen LogP contribution is -2.30. The van der Waals surface area contributed by atoms with E-state index in [1.54, 1.807) is 7.05 Å². The number of anilines is 1. The van der Waals surface area contributed by atoms with E-state index >= 15 is 0 Å². The number of nitro benzene ring substituents is 1. The highest BCUT2D eigenvalue weighted by Crippen LogP contribution is 2.33. The van der Waals surface area contributed by atoms with Gasteiger partial charge in [0.25, 0.3) is 5.69 Å². The summed E-state index contributed by atoms with van der Waals surface area (Å²) in [5, 5.41) is 13.6. The molecule has 0 aromatic heterocycles. The summed E-state index contributed by atoms with van der Waals surface area (Å²) in [7, 11) is 3.23. The minimum Gasteiger partial charge on any atom is -0.495 e. The molecule has 2 aromatic carbocycles. The van der Waals surface area contributed by atoms with E-state index in [1.165, 1.54) is 25.3 Å². The molecule has 9 nitrogen and oxygen atoms in total. The van der Waals surface area contributed by atoms with Gasteiger partial charge >= 0.3 is 0 Å². The molecule has 0 aliphatic carbocycles. The number of methoxy groups -OCH3 is 1. The Hall–Kier alpha value is -3.33. The predicted octanol–water partition coefficient (Wildman–Crippen LogP) is 2.40. The number of hydrogen-bond donors (Lipinski definition) is 1. The van der Waals surface area contributed by atoms with Crippen LogP contribution in [0.15, 0.2) is 36.4 Å². The van der Waals surface area contributed by atoms with Crippen LogP contribution in [-0.4, -0.2) is 43.2 Å². The normalized spacial score (nSPS) is 12.1. The number of non-ortho nitro benzene ring substituents is 1. The largest absolute Gasteiger partial charge is 0.495 e. The van der Waals surface area contributed by atoms with Gasteiger partial charge in [-0.2, -0.15) is 0 Å². The van der Waals surface area contributed by atoms with Crippen molar-refractivity contribution in [1.82, 2.24) is 4.90 Å². The number of nitrogens with zero attached hydrogens (tertiary/aromatic N) is 2. The predicted molar refractivity (Wildman–Crippen MR) is 97.2 cm³/mol. The second-order valence-corrected chi connectivity index (χ2v) is 6.05. The Morgan fingerprint density at radius 3 is 2.78 bits per heavy atom. The standard InChI is InChI=1S/C18H19N3O6/c1-20(9-12-3-5-16-17(7-12)27-11-26-16)10-18(22)19-14-8-13(21(23)24)4-6-15(14)25-2/h3-8H,9-11H2,1-2H3,(H,19,22). The summed E-state index contributed by atoms with van der Waals surface area (Å²) in [6.07, 6.45) is 0. The molecule has 0 atom stereocenters. The molecule has 1 heterocycles. The Balaban J connectivity index is 1.62. The molecule has 0 bridgehead atoms. The number of hydrogen-bond acceptors (Lipinski definition) is 7. The van der Waals surface area contributed by atoms with Crippen LogP contribution in [0.25, 0.3) is 0 Å². The zero-order valence-electron chi connectivity index (χ0n) is 14.9. The first kappa shape index (κ1) is 18.5. The van der Waals surface area contributed by atoms with Crippen molar-refractivity contribution in [1.29, 1.82) is 0 Å². The van der Waals surface area contributed by atoms with Gasteiger partial charge in [0.2, 0.25) is 12.7 Å². The molecule has 2 aromatic rings. The molecular weight excluding hydrogens is 354 g/mol. The molecule has 0 saturated carbocycles.